The van der Waals surface area contributed by atoms with Crippen LogP contribution < -0.4 is 10.6 Å². The molecule has 0 aliphatic carbocycles. The fourth-order valence-corrected chi connectivity index (χ4v) is 3.80. The molecule has 0 bridgehead atoms. The molecule has 0 radical (unpaired) electrons. The second kappa shape index (κ2) is 7.75. The second-order valence-corrected chi connectivity index (χ2v) is 7.43. The summed E-state index contributed by atoms with van der Waals surface area (Å²) in [6.07, 6.45) is 0.0932. The van der Waals surface area contributed by atoms with Crippen LogP contribution in [0.15, 0.2) is 36.4 Å². The number of fused-ring (bicyclic) bond motifs is 1. The Labute approximate surface area is 176 Å². The molecule has 8 nitrogen and oxygen atoms in total. The minimum atomic E-state index is -1.06. The van der Waals surface area contributed by atoms with Gasteiger partial charge in [-0.2, -0.15) is 0 Å². The summed E-state index contributed by atoms with van der Waals surface area (Å²) in [7, 11) is 0. The monoisotopic (exact) mass is 423 g/mol. The highest BCUT2D eigenvalue weighted by Crippen LogP contribution is 2.30. The van der Waals surface area contributed by atoms with E-state index in [1.54, 1.807) is 19.1 Å². The third kappa shape index (κ3) is 3.58. The number of halogens is 1. The highest BCUT2D eigenvalue weighted by atomic mass is 19.1. The molecule has 31 heavy (non-hydrogen) atoms. The van der Waals surface area contributed by atoms with E-state index in [0.29, 0.717) is 11.1 Å². The summed E-state index contributed by atoms with van der Waals surface area (Å²) in [5.41, 5.74) is 1.26. The van der Waals surface area contributed by atoms with Gasteiger partial charge in [-0.1, -0.05) is 12.1 Å². The van der Waals surface area contributed by atoms with Gasteiger partial charge in [-0.25, -0.2) is 4.39 Å². The predicted molar refractivity (Wildman–Crippen MR) is 105 cm³/mol. The van der Waals surface area contributed by atoms with Gasteiger partial charge in [0.05, 0.1) is 11.1 Å². The van der Waals surface area contributed by atoms with Crippen LogP contribution in [0.25, 0.3) is 0 Å². The van der Waals surface area contributed by atoms with Gasteiger partial charge in [-0.3, -0.25) is 34.2 Å². The van der Waals surface area contributed by atoms with Crippen LogP contribution in [-0.2, 0) is 16.1 Å². The number of imide groups is 2. The van der Waals surface area contributed by atoms with Gasteiger partial charge >= 0.3 is 0 Å². The second-order valence-electron chi connectivity index (χ2n) is 7.43. The van der Waals surface area contributed by atoms with E-state index in [2.05, 4.69) is 10.6 Å². The molecule has 1 atom stereocenters. The topological polar surface area (TPSA) is 113 Å². The number of benzene rings is 2. The highest BCUT2D eigenvalue weighted by molar-refractivity contribution is 6.24. The molecule has 2 aromatic carbocycles. The van der Waals surface area contributed by atoms with Crippen LogP contribution in [0.3, 0.4) is 0 Å². The Bertz CT molecular complexity index is 1160. The maximum absolute atomic E-state index is 13.4. The number of aryl methyl sites for hydroxylation is 1. The predicted octanol–water partition coefficient (Wildman–Crippen LogP) is 1.47. The summed E-state index contributed by atoms with van der Waals surface area (Å²) in [4.78, 5) is 62.8. The van der Waals surface area contributed by atoms with Crippen molar-refractivity contribution in [1.29, 1.82) is 0 Å². The van der Waals surface area contributed by atoms with Crippen molar-refractivity contribution >= 4 is 29.5 Å². The summed E-state index contributed by atoms with van der Waals surface area (Å²) in [6.45, 7) is 1.50. The number of carbonyl (C=O) groups excluding carboxylic acids is 5. The first-order valence-electron chi connectivity index (χ1n) is 9.65. The molecule has 2 aromatic rings. The number of piperidine rings is 1. The Morgan fingerprint density at radius 3 is 2.65 bits per heavy atom. The standard InChI is InChI=1S/C22H18FN3O5/c1-11-9-12(5-6-15(11)23)19(28)24-10-13-3-2-4-14-18(13)22(31)26(21(14)30)16-7-8-17(27)25-20(16)29/h2-6,9,16H,7-8,10H2,1H3,(H,24,28)(H,25,27,29). The first-order valence-corrected chi connectivity index (χ1v) is 9.65. The molecule has 1 unspecified atom stereocenters. The van der Waals surface area contributed by atoms with Crippen molar-refractivity contribution in [2.75, 3.05) is 0 Å². The van der Waals surface area contributed by atoms with E-state index in [1.807, 2.05) is 0 Å². The lowest BCUT2D eigenvalue weighted by atomic mass is 10.0. The van der Waals surface area contributed by atoms with Crippen LogP contribution in [0.2, 0.25) is 0 Å². The maximum Gasteiger partial charge on any atom is 0.262 e. The van der Waals surface area contributed by atoms with Gasteiger partial charge in [0, 0.05) is 18.5 Å². The summed E-state index contributed by atoms with van der Waals surface area (Å²) in [5, 5.41) is 4.82. The van der Waals surface area contributed by atoms with E-state index in [0.717, 1.165) is 4.90 Å². The van der Waals surface area contributed by atoms with Crippen LogP contribution in [0.5, 0.6) is 0 Å². The minimum absolute atomic E-state index is 0.0316. The van der Waals surface area contributed by atoms with E-state index in [-0.39, 0.29) is 36.1 Å². The van der Waals surface area contributed by atoms with Crippen LogP contribution in [0.1, 0.15) is 55.0 Å². The van der Waals surface area contributed by atoms with Gasteiger partial charge in [0.25, 0.3) is 17.7 Å². The molecule has 2 N–H and O–H groups in total. The zero-order valence-electron chi connectivity index (χ0n) is 16.5. The Hall–Kier alpha value is -3.88. The van der Waals surface area contributed by atoms with Gasteiger partial charge < -0.3 is 5.32 Å². The Kier molecular flexibility index (Phi) is 5.10. The van der Waals surface area contributed by atoms with Crippen molar-refractivity contribution in [2.24, 2.45) is 0 Å². The molecule has 0 aromatic heterocycles. The molecule has 9 heteroatoms. The average Bonchev–Trinajstić information content (AvgIpc) is 2.99. The lowest BCUT2D eigenvalue weighted by Gasteiger charge is -2.27. The lowest BCUT2D eigenvalue weighted by Crippen LogP contribution is -2.54. The summed E-state index contributed by atoms with van der Waals surface area (Å²) < 4.78 is 13.4. The molecule has 158 valence electrons. The molecule has 1 saturated heterocycles. The van der Waals surface area contributed by atoms with E-state index in [1.165, 1.54) is 24.3 Å². The largest absolute Gasteiger partial charge is 0.348 e. The van der Waals surface area contributed by atoms with Gasteiger partial charge in [-0.15, -0.1) is 0 Å². The number of nitrogens with zero attached hydrogens (tertiary/aromatic N) is 1. The molecule has 2 heterocycles. The van der Waals surface area contributed by atoms with E-state index in [9.17, 15) is 28.4 Å². The molecule has 2 aliphatic rings. The number of hydrogen-bond acceptors (Lipinski definition) is 5. The van der Waals surface area contributed by atoms with Crippen molar-refractivity contribution in [3.8, 4) is 0 Å². The normalized spacial score (nSPS) is 18.1. The van der Waals surface area contributed by atoms with E-state index >= 15 is 0 Å². The Morgan fingerprint density at radius 1 is 1.16 bits per heavy atom. The Morgan fingerprint density at radius 2 is 1.94 bits per heavy atom. The van der Waals surface area contributed by atoms with Gasteiger partial charge in [0.2, 0.25) is 11.8 Å². The molecule has 0 saturated carbocycles. The van der Waals surface area contributed by atoms with Gasteiger partial charge in [0.15, 0.2) is 0 Å². The molecule has 2 aliphatic heterocycles. The van der Waals surface area contributed by atoms with Gasteiger partial charge in [0.1, 0.15) is 11.9 Å². The quantitative estimate of drug-likeness (QED) is 0.723. The first kappa shape index (κ1) is 20.4. The van der Waals surface area contributed by atoms with E-state index < -0.39 is 41.4 Å². The molecular formula is C22H18FN3O5. The fraction of sp³-hybridized carbons (Fsp3) is 0.227. The van der Waals surface area contributed by atoms with Crippen LogP contribution >= 0.6 is 0 Å². The number of hydrogen-bond donors (Lipinski definition) is 2. The summed E-state index contributed by atoms with van der Waals surface area (Å²) in [6, 6.07) is 7.58. The Balaban J connectivity index is 1.56. The molecule has 4 rings (SSSR count). The van der Waals surface area contributed by atoms with Crippen molar-refractivity contribution in [1.82, 2.24) is 15.5 Å². The molecular weight excluding hydrogens is 405 g/mol. The van der Waals surface area contributed by atoms with Crippen LogP contribution in [0, 0.1) is 12.7 Å². The third-order valence-corrected chi connectivity index (χ3v) is 5.41. The van der Waals surface area contributed by atoms with Crippen molar-refractivity contribution in [2.45, 2.75) is 32.4 Å². The fourth-order valence-electron chi connectivity index (χ4n) is 3.80. The molecule has 5 amide bonds. The molecule has 0 spiro atoms. The minimum Gasteiger partial charge on any atom is -0.348 e. The zero-order chi connectivity index (χ0) is 22.3. The van der Waals surface area contributed by atoms with Crippen molar-refractivity contribution in [3.63, 3.8) is 0 Å². The van der Waals surface area contributed by atoms with E-state index in [4.69, 9.17) is 0 Å². The number of carbonyl (C=O) groups is 5. The smallest absolute Gasteiger partial charge is 0.262 e. The van der Waals surface area contributed by atoms with Crippen molar-refractivity contribution in [3.05, 3.63) is 70.0 Å². The summed E-state index contributed by atoms with van der Waals surface area (Å²) in [5.74, 6) is -3.27. The third-order valence-electron chi connectivity index (χ3n) is 5.41. The van der Waals surface area contributed by atoms with Crippen LogP contribution in [-0.4, -0.2) is 40.5 Å². The maximum atomic E-state index is 13.4. The first-order chi connectivity index (χ1) is 14.8. The van der Waals surface area contributed by atoms with Crippen molar-refractivity contribution < 1.29 is 28.4 Å². The van der Waals surface area contributed by atoms with Gasteiger partial charge in [-0.05, 0) is 48.7 Å². The SMILES string of the molecule is Cc1cc(C(=O)NCc2cccc3c2C(=O)N(C2CCC(=O)NC2=O)C3=O)ccc1F. The number of amides is 5. The summed E-state index contributed by atoms with van der Waals surface area (Å²) >= 11 is 0. The zero-order valence-corrected chi connectivity index (χ0v) is 16.5. The average molecular weight is 423 g/mol. The number of rotatable bonds is 4. The number of nitrogens with one attached hydrogen (secondary N) is 2. The molecule has 1 fully saturated rings. The highest BCUT2D eigenvalue weighted by Gasteiger charge is 2.45. The van der Waals surface area contributed by atoms with Crippen LogP contribution in [0.4, 0.5) is 4.39 Å². The lowest BCUT2D eigenvalue weighted by molar-refractivity contribution is -0.136.